The van der Waals surface area contributed by atoms with Crippen LogP contribution in [0.15, 0.2) is 17.0 Å². The number of hydrogen-bond acceptors (Lipinski definition) is 5. The van der Waals surface area contributed by atoms with Crippen LogP contribution in [0.3, 0.4) is 0 Å². The van der Waals surface area contributed by atoms with Crippen molar-refractivity contribution in [2.75, 3.05) is 20.8 Å². The molecule has 1 heterocycles. The molecular weight excluding hydrogens is 334 g/mol. The molecule has 2 rings (SSSR count). The minimum atomic E-state index is -4.04. The molecule has 22 heavy (non-hydrogen) atoms. The lowest BCUT2D eigenvalue weighted by Crippen LogP contribution is -2.40. The Hall–Kier alpha value is -1.51. The van der Waals surface area contributed by atoms with E-state index in [1.807, 2.05) is 0 Å². The number of benzene rings is 1. The molecule has 9 heteroatoms. The molecule has 1 unspecified atom stereocenters. The quantitative estimate of drug-likeness (QED) is 0.867. The van der Waals surface area contributed by atoms with Crippen LogP contribution in [0.1, 0.15) is 12.8 Å². The Bertz CT molecular complexity index is 690. The molecule has 0 bridgehead atoms. The van der Waals surface area contributed by atoms with Crippen LogP contribution >= 0.6 is 11.6 Å². The Morgan fingerprint density at radius 1 is 1.32 bits per heavy atom. The van der Waals surface area contributed by atoms with Gasteiger partial charge in [-0.1, -0.05) is 11.6 Å². The summed E-state index contributed by atoms with van der Waals surface area (Å²) in [4.78, 5) is 11.1. The smallest absolute Gasteiger partial charge is 0.322 e. The molecule has 122 valence electrons. The van der Waals surface area contributed by atoms with E-state index < -0.39 is 22.0 Å². The minimum Gasteiger partial charge on any atom is -0.495 e. The highest BCUT2D eigenvalue weighted by atomic mass is 35.5. The Morgan fingerprint density at radius 2 is 1.95 bits per heavy atom. The zero-order chi connectivity index (χ0) is 16.5. The molecule has 0 spiro atoms. The van der Waals surface area contributed by atoms with Crippen LogP contribution in [0, 0.1) is 0 Å². The molecule has 7 nitrogen and oxygen atoms in total. The lowest BCUT2D eigenvalue weighted by molar-refractivity contribution is -0.140. The lowest BCUT2D eigenvalue weighted by atomic mass is 10.2. The average Bonchev–Trinajstić information content (AvgIpc) is 2.97. The van der Waals surface area contributed by atoms with Crippen molar-refractivity contribution >= 4 is 27.6 Å². The highest BCUT2D eigenvalue weighted by Crippen LogP contribution is 2.38. The van der Waals surface area contributed by atoms with Crippen molar-refractivity contribution in [3.8, 4) is 11.5 Å². The maximum atomic E-state index is 12.8. The second-order valence-corrected chi connectivity index (χ2v) is 7.02. The Kier molecular flexibility index (Phi) is 4.84. The predicted molar refractivity (Wildman–Crippen MR) is 79.1 cm³/mol. The first-order valence-corrected chi connectivity index (χ1v) is 8.31. The van der Waals surface area contributed by atoms with Crippen molar-refractivity contribution in [2.24, 2.45) is 0 Å². The zero-order valence-corrected chi connectivity index (χ0v) is 13.6. The average molecular weight is 350 g/mol. The molecule has 1 fully saturated rings. The maximum absolute atomic E-state index is 12.8. The number of sulfonamides is 1. The fourth-order valence-electron chi connectivity index (χ4n) is 2.43. The van der Waals surface area contributed by atoms with E-state index in [-0.39, 0.29) is 34.4 Å². The Balaban J connectivity index is 2.54. The fraction of sp³-hybridized carbons (Fsp3) is 0.462. The maximum Gasteiger partial charge on any atom is 0.322 e. The summed E-state index contributed by atoms with van der Waals surface area (Å²) in [5, 5.41) is 9.28. The molecule has 0 aliphatic carbocycles. The van der Waals surface area contributed by atoms with Crippen LogP contribution in [-0.2, 0) is 14.8 Å². The van der Waals surface area contributed by atoms with Crippen LogP contribution in [0.5, 0.6) is 11.5 Å². The molecule has 1 aromatic rings. The van der Waals surface area contributed by atoms with E-state index in [0.29, 0.717) is 6.42 Å². The van der Waals surface area contributed by atoms with Gasteiger partial charge in [0.15, 0.2) is 0 Å². The Morgan fingerprint density at radius 3 is 2.50 bits per heavy atom. The molecule has 1 aromatic carbocycles. The topological polar surface area (TPSA) is 93.1 Å². The van der Waals surface area contributed by atoms with Gasteiger partial charge in [-0.05, 0) is 18.9 Å². The molecule has 1 N–H and O–H groups in total. The lowest BCUT2D eigenvalue weighted by Gasteiger charge is -2.22. The number of nitrogens with zero attached hydrogens (tertiary/aromatic N) is 1. The molecule has 1 atom stereocenters. The largest absolute Gasteiger partial charge is 0.495 e. The Labute approximate surface area is 133 Å². The van der Waals surface area contributed by atoms with Crippen molar-refractivity contribution in [2.45, 2.75) is 23.8 Å². The van der Waals surface area contributed by atoms with Crippen LogP contribution < -0.4 is 9.47 Å². The second-order valence-electron chi connectivity index (χ2n) is 4.75. The van der Waals surface area contributed by atoms with E-state index in [0.717, 1.165) is 4.31 Å². The van der Waals surface area contributed by atoms with Crippen molar-refractivity contribution in [1.29, 1.82) is 0 Å². The van der Waals surface area contributed by atoms with Gasteiger partial charge >= 0.3 is 5.97 Å². The number of aliphatic carboxylic acids is 1. The predicted octanol–water partition coefficient (Wildman–Crippen LogP) is 1.59. The molecule has 1 aliphatic rings. The summed E-state index contributed by atoms with van der Waals surface area (Å²) >= 11 is 5.99. The van der Waals surface area contributed by atoms with Gasteiger partial charge in [-0.2, -0.15) is 4.31 Å². The molecule has 0 saturated carbocycles. The summed E-state index contributed by atoms with van der Waals surface area (Å²) in [5.41, 5.74) is 0. The van der Waals surface area contributed by atoms with Crippen LogP contribution in [0.4, 0.5) is 0 Å². The van der Waals surface area contributed by atoms with Crippen LogP contribution in [0.2, 0.25) is 5.02 Å². The summed E-state index contributed by atoms with van der Waals surface area (Å²) in [6, 6.07) is 1.50. The summed E-state index contributed by atoms with van der Waals surface area (Å²) in [6.07, 6.45) is 0.767. The van der Waals surface area contributed by atoms with E-state index in [2.05, 4.69) is 0 Å². The van der Waals surface area contributed by atoms with Gasteiger partial charge in [0, 0.05) is 12.6 Å². The fourth-order valence-corrected chi connectivity index (χ4v) is 4.56. The van der Waals surface area contributed by atoms with Gasteiger partial charge in [0.05, 0.1) is 19.2 Å². The van der Waals surface area contributed by atoms with Gasteiger partial charge in [0.25, 0.3) is 0 Å². The number of hydrogen-bond donors (Lipinski definition) is 1. The highest BCUT2D eigenvalue weighted by Gasteiger charge is 2.41. The molecule has 0 aromatic heterocycles. The van der Waals surface area contributed by atoms with Gasteiger partial charge < -0.3 is 14.6 Å². The van der Waals surface area contributed by atoms with Gasteiger partial charge in [0.1, 0.15) is 22.4 Å². The summed E-state index contributed by atoms with van der Waals surface area (Å²) in [7, 11) is -1.32. The van der Waals surface area contributed by atoms with Gasteiger partial charge in [-0.25, -0.2) is 8.42 Å². The summed E-state index contributed by atoms with van der Waals surface area (Å²) in [6.45, 7) is 0.145. The van der Waals surface area contributed by atoms with Gasteiger partial charge in [0.2, 0.25) is 10.0 Å². The summed E-state index contributed by atoms with van der Waals surface area (Å²) in [5.74, 6) is -0.842. The molecule has 0 radical (unpaired) electrons. The van der Waals surface area contributed by atoms with Gasteiger partial charge in [-0.15, -0.1) is 0 Å². The van der Waals surface area contributed by atoms with E-state index in [1.165, 1.54) is 26.4 Å². The zero-order valence-electron chi connectivity index (χ0n) is 12.1. The van der Waals surface area contributed by atoms with Crippen LogP contribution in [0.25, 0.3) is 0 Å². The first kappa shape index (κ1) is 16.9. The number of carbonyl (C=O) groups is 1. The molecule has 1 saturated heterocycles. The first-order valence-electron chi connectivity index (χ1n) is 6.49. The number of carboxylic acid groups (broad SMARTS) is 1. The van der Waals surface area contributed by atoms with Crippen molar-refractivity contribution in [1.82, 2.24) is 4.31 Å². The number of halogens is 1. The third kappa shape index (κ3) is 2.86. The van der Waals surface area contributed by atoms with Crippen molar-refractivity contribution in [3.63, 3.8) is 0 Å². The van der Waals surface area contributed by atoms with Crippen molar-refractivity contribution in [3.05, 3.63) is 17.2 Å². The second kappa shape index (κ2) is 6.31. The molecule has 1 aliphatic heterocycles. The first-order chi connectivity index (χ1) is 10.3. The monoisotopic (exact) mass is 349 g/mol. The highest BCUT2D eigenvalue weighted by molar-refractivity contribution is 7.89. The minimum absolute atomic E-state index is 0.0530. The SMILES string of the molecule is COc1cc(OC)c(S(=O)(=O)N2CCCC2C(=O)O)cc1Cl. The van der Waals surface area contributed by atoms with E-state index in [4.69, 9.17) is 21.1 Å². The third-order valence-corrected chi connectivity index (χ3v) is 5.74. The molecule has 0 amide bonds. The number of methoxy groups -OCH3 is 2. The number of carboxylic acids is 1. The van der Waals surface area contributed by atoms with Gasteiger partial charge in [-0.3, -0.25) is 4.79 Å². The van der Waals surface area contributed by atoms with E-state index in [9.17, 15) is 18.3 Å². The third-order valence-electron chi connectivity index (χ3n) is 3.51. The summed E-state index contributed by atoms with van der Waals surface area (Å²) < 4.78 is 36.6. The van der Waals surface area contributed by atoms with E-state index >= 15 is 0 Å². The number of ether oxygens (including phenoxy) is 2. The van der Waals surface area contributed by atoms with E-state index in [1.54, 1.807) is 0 Å². The normalized spacial score (nSPS) is 19.1. The number of rotatable bonds is 5. The van der Waals surface area contributed by atoms with Crippen molar-refractivity contribution < 1.29 is 27.8 Å². The van der Waals surface area contributed by atoms with Crippen LogP contribution in [-0.4, -0.2) is 50.6 Å². The standard InChI is InChI=1S/C13H16ClNO6S/c1-20-10-7-11(21-2)12(6-8(10)14)22(18,19)15-5-3-4-9(15)13(16)17/h6-7,9H,3-5H2,1-2H3,(H,16,17). The molecular formula is C13H16ClNO6S.